The highest BCUT2D eigenvalue weighted by Gasteiger charge is 2.41. The summed E-state index contributed by atoms with van der Waals surface area (Å²) in [5, 5.41) is 9.08. The number of rotatable bonds is 4. The smallest absolute Gasteiger partial charge is 0.253 e. The van der Waals surface area contributed by atoms with Gasteiger partial charge in [0.15, 0.2) is 0 Å². The molecule has 5 nitrogen and oxygen atoms in total. The van der Waals surface area contributed by atoms with Gasteiger partial charge in [0.1, 0.15) is 5.75 Å². The van der Waals surface area contributed by atoms with Gasteiger partial charge in [-0.1, -0.05) is 18.2 Å². The van der Waals surface area contributed by atoms with Crippen LogP contribution in [0.1, 0.15) is 47.2 Å². The van der Waals surface area contributed by atoms with Gasteiger partial charge in [-0.05, 0) is 73.9 Å². The molecule has 2 aromatic carbocycles. The molecule has 4 rings (SSSR count). The Labute approximate surface area is 178 Å². The normalized spacial score (nSPS) is 20.5. The third-order valence-corrected chi connectivity index (χ3v) is 6.48. The van der Waals surface area contributed by atoms with Gasteiger partial charge in [-0.15, -0.1) is 0 Å². The summed E-state index contributed by atoms with van der Waals surface area (Å²) in [6.45, 7) is 2.19. The van der Waals surface area contributed by atoms with Gasteiger partial charge in [-0.3, -0.25) is 4.79 Å². The Balaban J connectivity index is 1.35. The highest BCUT2D eigenvalue weighted by atomic mass is 16.5. The predicted molar refractivity (Wildman–Crippen MR) is 114 cm³/mol. The fourth-order valence-corrected chi connectivity index (χ4v) is 4.77. The molecule has 2 aliphatic heterocycles. The summed E-state index contributed by atoms with van der Waals surface area (Å²) in [6.07, 6.45) is 4.92. The van der Waals surface area contributed by atoms with Crippen molar-refractivity contribution in [3.05, 3.63) is 65.2 Å². The Hall–Kier alpha value is -2.84. The van der Waals surface area contributed by atoms with Crippen LogP contribution in [0.3, 0.4) is 0 Å². The van der Waals surface area contributed by atoms with E-state index < -0.39 is 0 Å². The summed E-state index contributed by atoms with van der Waals surface area (Å²) >= 11 is 0. The lowest BCUT2D eigenvalue weighted by molar-refractivity contribution is -0.123. The van der Waals surface area contributed by atoms with Gasteiger partial charge in [0, 0.05) is 25.3 Å². The van der Waals surface area contributed by atoms with Gasteiger partial charge < -0.3 is 14.4 Å². The largest absolute Gasteiger partial charge is 0.497 e. The van der Waals surface area contributed by atoms with Crippen molar-refractivity contribution in [2.75, 3.05) is 26.8 Å². The molecule has 0 aromatic heterocycles. The number of amides is 1. The van der Waals surface area contributed by atoms with Crippen molar-refractivity contribution in [1.29, 1.82) is 5.26 Å². The number of nitrogens with zero attached hydrogens (tertiary/aromatic N) is 2. The van der Waals surface area contributed by atoms with E-state index in [9.17, 15) is 4.79 Å². The van der Waals surface area contributed by atoms with Crippen LogP contribution in [0.5, 0.6) is 5.75 Å². The molecule has 1 amide bonds. The summed E-state index contributed by atoms with van der Waals surface area (Å²) in [5.41, 5.74) is 2.34. The third-order valence-electron chi connectivity index (χ3n) is 6.48. The van der Waals surface area contributed by atoms with E-state index in [4.69, 9.17) is 14.7 Å². The lowest BCUT2D eigenvalue weighted by Gasteiger charge is -2.46. The van der Waals surface area contributed by atoms with Crippen LogP contribution in [0.15, 0.2) is 48.5 Å². The molecule has 0 bridgehead atoms. The van der Waals surface area contributed by atoms with Crippen LogP contribution in [0.2, 0.25) is 0 Å². The summed E-state index contributed by atoms with van der Waals surface area (Å²) in [6, 6.07) is 17.4. The van der Waals surface area contributed by atoms with Crippen molar-refractivity contribution < 1.29 is 14.3 Å². The zero-order chi connectivity index (χ0) is 21.0. The van der Waals surface area contributed by atoms with Crippen molar-refractivity contribution in [1.82, 2.24) is 4.90 Å². The monoisotopic (exact) mass is 404 g/mol. The maximum atomic E-state index is 12.9. The molecule has 1 atom stereocenters. The summed E-state index contributed by atoms with van der Waals surface area (Å²) < 4.78 is 11.5. The Kier molecular flexibility index (Phi) is 6.06. The minimum absolute atomic E-state index is 0.00698. The first kappa shape index (κ1) is 20.4. The average Bonchev–Trinajstić information content (AvgIpc) is 2.80. The van der Waals surface area contributed by atoms with Crippen LogP contribution >= 0.6 is 0 Å². The number of carbonyl (C=O) groups excluding carboxylic acids is 1. The number of hydrogen-bond acceptors (Lipinski definition) is 4. The van der Waals surface area contributed by atoms with E-state index in [1.807, 2.05) is 17.0 Å². The molecule has 0 aliphatic carbocycles. The molecule has 0 radical (unpaired) electrons. The van der Waals surface area contributed by atoms with Crippen molar-refractivity contribution >= 4 is 5.91 Å². The van der Waals surface area contributed by atoms with Crippen LogP contribution in [0.4, 0.5) is 0 Å². The first-order valence-corrected chi connectivity index (χ1v) is 10.7. The summed E-state index contributed by atoms with van der Waals surface area (Å²) in [7, 11) is 1.69. The molecule has 2 saturated heterocycles. The molecule has 0 saturated carbocycles. The van der Waals surface area contributed by atoms with Crippen molar-refractivity contribution in [2.24, 2.45) is 5.92 Å². The second-order valence-corrected chi connectivity index (χ2v) is 8.43. The maximum Gasteiger partial charge on any atom is 0.253 e. The molecule has 1 unspecified atom stereocenters. The molecule has 1 spiro atoms. The van der Waals surface area contributed by atoms with E-state index in [2.05, 4.69) is 18.2 Å². The van der Waals surface area contributed by atoms with E-state index in [1.54, 1.807) is 31.4 Å². The summed E-state index contributed by atoms with van der Waals surface area (Å²) in [5.74, 6) is 1.49. The number of piperidine rings is 1. The van der Waals surface area contributed by atoms with E-state index in [1.165, 1.54) is 5.56 Å². The number of hydrogen-bond donors (Lipinski definition) is 0. The van der Waals surface area contributed by atoms with Crippen LogP contribution in [0.25, 0.3) is 0 Å². The SMILES string of the molecule is COc1ccc(CC2CCOC3(CCN(C(=O)c4cccc(C#N)c4)CC3)C2)cc1. The van der Waals surface area contributed by atoms with Crippen LogP contribution < -0.4 is 4.74 Å². The van der Waals surface area contributed by atoms with Crippen molar-refractivity contribution in [3.63, 3.8) is 0 Å². The van der Waals surface area contributed by atoms with Crippen LogP contribution in [-0.2, 0) is 11.2 Å². The van der Waals surface area contributed by atoms with E-state index in [-0.39, 0.29) is 11.5 Å². The van der Waals surface area contributed by atoms with E-state index >= 15 is 0 Å². The van der Waals surface area contributed by atoms with Gasteiger partial charge in [-0.2, -0.15) is 5.26 Å². The first-order valence-electron chi connectivity index (χ1n) is 10.7. The van der Waals surface area contributed by atoms with Gasteiger partial charge in [0.2, 0.25) is 0 Å². The van der Waals surface area contributed by atoms with E-state index in [0.717, 1.165) is 44.5 Å². The van der Waals surface area contributed by atoms with Crippen molar-refractivity contribution in [2.45, 2.75) is 37.7 Å². The fraction of sp³-hybridized carbons (Fsp3) is 0.440. The number of methoxy groups -OCH3 is 1. The number of carbonyl (C=O) groups is 1. The topological polar surface area (TPSA) is 62.6 Å². The Morgan fingerprint density at radius 1 is 1.23 bits per heavy atom. The van der Waals surface area contributed by atoms with E-state index in [0.29, 0.717) is 30.1 Å². The second kappa shape index (κ2) is 8.89. The van der Waals surface area contributed by atoms with Crippen molar-refractivity contribution in [3.8, 4) is 11.8 Å². The van der Waals surface area contributed by atoms with Crippen LogP contribution in [-0.4, -0.2) is 43.2 Å². The van der Waals surface area contributed by atoms with Gasteiger partial charge in [0.25, 0.3) is 5.91 Å². The third kappa shape index (κ3) is 4.49. The maximum absolute atomic E-state index is 12.9. The minimum atomic E-state index is -0.110. The first-order chi connectivity index (χ1) is 14.6. The lowest BCUT2D eigenvalue weighted by atomic mass is 9.77. The number of nitriles is 1. The molecular weight excluding hydrogens is 376 g/mol. The minimum Gasteiger partial charge on any atom is -0.497 e. The van der Waals surface area contributed by atoms with Gasteiger partial charge >= 0.3 is 0 Å². The number of likely N-dealkylation sites (tertiary alicyclic amines) is 1. The fourth-order valence-electron chi connectivity index (χ4n) is 4.77. The molecule has 2 aliphatic rings. The molecular formula is C25H28N2O3. The molecule has 5 heteroatoms. The number of benzene rings is 2. The Morgan fingerprint density at radius 3 is 2.70 bits per heavy atom. The molecule has 156 valence electrons. The molecule has 2 fully saturated rings. The standard InChI is InChI=1S/C25H28N2O3/c1-29-23-7-5-19(6-8-23)15-20-9-14-30-25(17-20)10-12-27(13-11-25)24(28)22-4-2-3-21(16-22)18-26/h2-8,16,20H,9-15,17H2,1H3. The molecule has 0 N–H and O–H groups in total. The highest BCUT2D eigenvalue weighted by molar-refractivity contribution is 5.94. The van der Waals surface area contributed by atoms with Gasteiger partial charge in [-0.25, -0.2) is 0 Å². The zero-order valence-electron chi connectivity index (χ0n) is 17.5. The quantitative estimate of drug-likeness (QED) is 0.766. The molecule has 2 heterocycles. The molecule has 30 heavy (non-hydrogen) atoms. The average molecular weight is 405 g/mol. The zero-order valence-corrected chi connectivity index (χ0v) is 17.5. The van der Waals surface area contributed by atoms with Crippen LogP contribution in [0, 0.1) is 17.2 Å². The summed E-state index contributed by atoms with van der Waals surface area (Å²) in [4.78, 5) is 14.8. The van der Waals surface area contributed by atoms with Gasteiger partial charge in [0.05, 0.1) is 24.3 Å². The Bertz CT molecular complexity index is 924. The predicted octanol–water partition coefficient (Wildman–Crippen LogP) is 4.21. The lowest BCUT2D eigenvalue weighted by Crippen LogP contribution is -2.51. The second-order valence-electron chi connectivity index (χ2n) is 8.43. The highest BCUT2D eigenvalue weighted by Crippen LogP contribution is 2.39. The molecule has 2 aromatic rings. The Morgan fingerprint density at radius 2 is 2.00 bits per heavy atom. The number of ether oxygens (including phenoxy) is 2.